The summed E-state index contributed by atoms with van der Waals surface area (Å²) in [6, 6.07) is 2.09. The highest BCUT2D eigenvalue weighted by atomic mass is 14.9. The lowest BCUT2D eigenvalue weighted by Gasteiger charge is -2.19. The molecule has 0 bridgehead atoms. The maximum absolute atomic E-state index is 4.75. The topological polar surface area (TPSA) is 37.8 Å². The molecule has 3 nitrogen and oxygen atoms in total. The number of aromatic nitrogens is 2. The Balaban J connectivity index is 2.14. The summed E-state index contributed by atoms with van der Waals surface area (Å²) in [5.74, 6) is 1.67. The third-order valence-corrected chi connectivity index (χ3v) is 3.75. The van der Waals surface area contributed by atoms with E-state index in [1.165, 1.54) is 44.9 Å². The second kappa shape index (κ2) is 6.83. The average Bonchev–Trinajstić information content (AvgIpc) is 2.27. The van der Waals surface area contributed by atoms with Gasteiger partial charge in [-0.15, -0.1) is 0 Å². The number of aryl methyl sites for hydroxylation is 1. The van der Waals surface area contributed by atoms with Crippen molar-refractivity contribution in [3.05, 3.63) is 23.3 Å². The molecule has 0 atom stereocenters. The van der Waals surface area contributed by atoms with Crippen LogP contribution in [0.25, 0.3) is 0 Å². The van der Waals surface area contributed by atoms with Crippen molar-refractivity contribution in [3.63, 3.8) is 0 Å². The van der Waals surface area contributed by atoms with Gasteiger partial charge in [0, 0.05) is 18.2 Å². The Morgan fingerprint density at radius 2 is 1.78 bits per heavy atom. The fourth-order valence-corrected chi connectivity index (χ4v) is 2.83. The van der Waals surface area contributed by atoms with Gasteiger partial charge in [0.25, 0.3) is 0 Å². The number of nitrogens with zero attached hydrogens (tertiary/aromatic N) is 2. The van der Waals surface area contributed by atoms with Crippen LogP contribution in [0.2, 0.25) is 0 Å². The van der Waals surface area contributed by atoms with E-state index in [0.717, 1.165) is 23.8 Å². The molecule has 1 fully saturated rings. The molecule has 1 N–H and O–H groups in total. The largest absolute Gasteiger partial charge is 0.314 e. The smallest absolute Gasteiger partial charge is 0.131 e. The van der Waals surface area contributed by atoms with E-state index in [4.69, 9.17) is 4.98 Å². The third kappa shape index (κ3) is 3.77. The van der Waals surface area contributed by atoms with Crippen molar-refractivity contribution in [2.75, 3.05) is 7.05 Å². The molecule has 1 aromatic heterocycles. The van der Waals surface area contributed by atoms with Crippen LogP contribution in [-0.4, -0.2) is 17.0 Å². The van der Waals surface area contributed by atoms with Gasteiger partial charge in [-0.05, 0) is 32.9 Å². The van der Waals surface area contributed by atoms with Gasteiger partial charge in [0.15, 0.2) is 0 Å². The van der Waals surface area contributed by atoms with Gasteiger partial charge in [0.1, 0.15) is 5.82 Å². The minimum atomic E-state index is 0.584. The summed E-state index contributed by atoms with van der Waals surface area (Å²) in [6.45, 7) is 2.91. The number of rotatable bonds is 3. The summed E-state index contributed by atoms with van der Waals surface area (Å²) in [6.07, 6.45) is 9.38. The molecule has 0 saturated heterocycles. The number of hydrogen-bond acceptors (Lipinski definition) is 3. The van der Waals surface area contributed by atoms with E-state index in [9.17, 15) is 0 Å². The van der Waals surface area contributed by atoms with Gasteiger partial charge in [0.2, 0.25) is 0 Å². The van der Waals surface area contributed by atoms with Crippen LogP contribution in [0.5, 0.6) is 0 Å². The van der Waals surface area contributed by atoms with Crippen molar-refractivity contribution >= 4 is 0 Å². The van der Waals surface area contributed by atoms with E-state index >= 15 is 0 Å². The average molecular weight is 247 g/mol. The van der Waals surface area contributed by atoms with Crippen LogP contribution in [0, 0.1) is 6.92 Å². The van der Waals surface area contributed by atoms with E-state index in [0.29, 0.717) is 5.92 Å². The van der Waals surface area contributed by atoms with Crippen LogP contribution in [0.1, 0.15) is 68.1 Å². The lowest BCUT2D eigenvalue weighted by Crippen LogP contribution is -2.13. The Morgan fingerprint density at radius 3 is 2.44 bits per heavy atom. The summed E-state index contributed by atoms with van der Waals surface area (Å²) in [5, 5.41) is 3.17. The van der Waals surface area contributed by atoms with Crippen molar-refractivity contribution in [2.24, 2.45) is 0 Å². The van der Waals surface area contributed by atoms with Crippen molar-refractivity contribution in [2.45, 2.75) is 64.3 Å². The zero-order valence-electron chi connectivity index (χ0n) is 11.7. The molecule has 1 aromatic rings. The summed E-state index contributed by atoms with van der Waals surface area (Å²) in [5.41, 5.74) is 2.23. The van der Waals surface area contributed by atoms with Gasteiger partial charge in [-0.1, -0.05) is 32.1 Å². The Hall–Kier alpha value is -0.960. The van der Waals surface area contributed by atoms with E-state index in [1.807, 2.05) is 7.05 Å². The van der Waals surface area contributed by atoms with Crippen LogP contribution in [0.4, 0.5) is 0 Å². The third-order valence-electron chi connectivity index (χ3n) is 3.75. The maximum atomic E-state index is 4.75. The minimum absolute atomic E-state index is 0.584. The molecule has 1 aliphatic rings. The lowest BCUT2D eigenvalue weighted by atomic mass is 9.90. The SMILES string of the molecule is CNCc1cc(C)nc(C2CCCCCCC2)n1. The van der Waals surface area contributed by atoms with Crippen molar-refractivity contribution in [1.29, 1.82) is 0 Å². The lowest BCUT2D eigenvalue weighted by molar-refractivity contribution is 0.440. The first kappa shape index (κ1) is 13.5. The molecular formula is C15H25N3. The van der Waals surface area contributed by atoms with Crippen molar-refractivity contribution < 1.29 is 0 Å². The van der Waals surface area contributed by atoms with Gasteiger partial charge in [0.05, 0.1) is 5.69 Å². The van der Waals surface area contributed by atoms with Crippen LogP contribution < -0.4 is 5.32 Å². The Kier molecular flexibility index (Phi) is 5.12. The molecule has 1 heterocycles. The molecule has 100 valence electrons. The van der Waals surface area contributed by atoms with Gasteiger partial charge in [-0.3, -0.25) is 0 Å². The minimum Gasteiger partial charge on any atom is -0.314 e. The van der Waals surface area contributed by atoms with E-state index in [-0.39, 0.29) is 0 Å². The Morgan fingerprint density at radius 1 is 1.11 bits per heavy atom. The molecule has 0 spiro atoms. The highest BCUT2D eigenvalue weighted by molar-refractivity contribution is 5.12. The Bertz CT molecular complexity index is 368. The second-order valence-electron chi connectivity index (χ2n) is 5.43. The zero-order chi connectivity index (χ0) is 12.8. The van der Waals surface area contributed by atoms with Crippen LogP contribution in [0.15, 0.2) is 6.07 Å². The van der Waals surface area contributed by atoms with E-state index in [2.05, 4.69) is 23.3 Å². The molecular weight excluding hydrogens is 222 g/mol. The quantitative estimate of drug-likeness (QED) is 0.890. The van der Waals surface area contributed by atoms with E-state index in [1.54, 1.807) is 0 Å². The standard InChI is InChI=1S/C15H25N3/c1-12-10-14(11-16-2)18-15(17-12)13-8-6-4-3-5-7-9-13/h10,13,16H,3-9,11H2,1-2H3. The molecule has 0 radical (unpaired) electrons. The molecule has 1 saturated carbocycles. The summed E-state index contributed by atoms with van der Waals surface area (Å²) < 4.78 is 0. The van der Waals surface area contributed by atoms with Crippen molar-refractivity contribution in [1.82, 2.24) is 15.3 Å². The highest BCUT2D eigenvalue weighted by Crippen LogP contribution is 2.29. The van der Waals surface area contributed by atoms with Crippen molar-refractivity contribution in [3.8, 4) is 0 Å². The van der Waals surface area contributed by atoms with Gasteiger partial charge in [-0.2, -0.15) is 0 Å². The number of hydrogen-bond donors (Lipinski definition) is 1. The van der Waals surface area contributed by atoms with Gasteiger partial charge < -0.3 is 5.32 Å². The normalized spacial score (nSPS) is 18.3. The first-order valence-corrected chi connectivity index (χ1v) is 7.28. The second-order valence-corrected chi connectivity index (χ2v) is 5.43. The molecule has 0 amide bonds. The first-order chi connectivity index (χ1) is 8.79. The molecule has 0 aromatic carbocycles. The summed E-state index contributed by atoms with van der Waals surface area (Å²) >= 11 is 0. The van der Waals surface area contributed by atoms with Crippen LogP contribution in [-0.2, 0) is 6.54 Å². The van der Waals surface area contributed by atoms with Gasteiger partial charge in [-0.25, -0.2) is 9.97 Å². The van der Waals surface area contributed by atoms with Crippen LogP contribution in [0.3, 0.4) is 0 Å². The monoisotopic (exact) mass is 247 g/mol. The molecule has 3 heteroatoms. The van der Waals surface area contributed by atoms with Crippen LogP contribution >= 0.6 is 0 Å². The summed E-state index contributed by atoms with van der Waals surface area (Å²) in [4.78, 5) is 9.42. The zero-order valence-corrected chi connectivity index (χ0v) is 11.7. The van der Waals surface area contributed by atoms with E-state index < -0.39 is 0 Å². The molecule has 0 unspecified atom stereocenters. The molecule has 18 heavy (non-hydrogen) atoms. The predicted octanol–water partition coefficient (Wildman–Crippen LogP) is 3.33. The molecule has 1 aliphatic carbocycles. The maximum Gasteiger partial charge on any atom is 0.131 e. The molecule has 2 rings (SSSR count). The molecule has 0 aliphatic heterocycles. The Labute approximate surface area is 110 Å². The number of nitrogens with one attached hydrogen (secondary N) is 1. The fraction of sp³-hybridized carbons (Fsp3) is 0.733. The van der Waals surface area contributed by atoms with Gasteiger partial charge >= 0.3 is 0 Å². The predicted molar refractivity (Wildman–Crippen MR) is 74.6 cm³/mol. The summed E-state index contributed by atoms with van der Waals surface area (Å²) in [7, 11) is 1.97. The highest BCUT2D eigenvalue weighted by Gasteiger charge is 2.17. The first-order valence-electron chi connectivity index (χ1n) is 7.28. The fourth-order valence-electron chi connectivity index (χ4n) is 2.83.